The summed E-state index contributed by atoms with van der Waals surface area (Å²) in [6.07, 6.45) is 0. The average molecular weight is 522 g/mol. The molecular weight excluding hydrogens is 504 g/mol. The lowest BCUT2D eigenvalue weighted by molar-refractivity contribution is 0.0409. The number of nitrogens with zero attached hydrogens (tertiary/aromatic N) is 2. The molecule has 7 heteroatoms. The quantitative estimate of drug-likeness (QED) is 0.442. The van der Waals surface area contributed by atoms with Gasteiger partial charge >= 0.3 is 6.03 Å². The van der Waals surface area contributed by atoms with Crippen LogP contribution in [0, 0.1) is 6.92 Å². The Labute approximate surface area is 184 Å². The zero-order chi connectivity index (χ0) is 20.1. The summed E-state index contributed by atoms with van der Waals surface area (Å²) in [4.78, 5) is 17.5. The fraction of sp³-hybridized carbons (Fsp3) is 0.190. The number of halogens is 2. The SMILES string of the molecule is Cc1csc(C2(O)[C@@H](C)N(c3ccc(Br)cc3)C(=O)N2c2ccc(Br)cc2)c1. The van der Waals surface area contributed by atoms with Crippen molar-refractivity contribution in [2.45, 2.75) is 25.6 Å². The fourth-order valence-electron chi connectivity index (χ4n) is 3.56. The van der Waals surface area contributed by atoms with Gasteiger partial charge in [-0.2, -0.15) is 0 Å². The summed E-state index contributed by atoms with van der Waals surface area (Å²) < 4.78 is 1.85. The molecule has 2 heterocycles. The Kier molecular flexibility index (Phi) is 5.12. The minimum atomic E-state index is -1.48. The van der Waals surface area contributed by atoms with Crippen LogP contribution in [0.25, 0.3) is 0 Å². The van der Waals surface area contributed by atoms with E-state index in [0.29, 0.717) is 5.69 Å². The van der Waals surface area contributed by atoms with E-state index in [1.54, 1.807) is 4.90 Å². The first kappa shape index (κ1) is 19.6. The van der Waals surface area contributed by atoms with Crippen LogP contribution in [0.2, 0.25) is 0 Å². The van der Waals surface area contributed by atoms with Gasteiger partial charge in [0.05, 0.1) is 10.9 Å². The van der Waals surface area contributed by atoms with Crippen LogP contribution in [0.3, 0.4) is 0 Å². The van der Waals surface area contributed by atoms with Crippen molar-refractivity contribution in [2.75, 3.05) is 9.80 Å². The zero-order valence-corrected chi connectivity index (χ0v) is 19.3. The van der Waals surface area contributed by atoms with Crippen LogP contribution < -0.4 is 9.80 Å². The third-order valence-corrected chi connectivity index (χ3v) is 7.21. The predicted octanol–water partition coefficient (Wildman–Crippen LogP) is 6.26. The molecular formula is C21H18Br2N2O2S. The van der Waals surface area contributed by atoms with Gasteiger partial charge in [-0.3, -0.25) is 9.80 Å². The molecule has 0 bridgehead atoms. The highest BCUT2D eigenvalue weighted by atomic mass is 79.9. The Morgan fingerprint density at radius 2 is 1.54 bits per heavy atom. The Hall–Kier alpha value is -1.67. The zero-order valence-electron chi connectivity index (χ0n) is 15.3. The van der Waals surface area contributed by atoms with Crippen molar-refractivity contribution >= 4 is 60.6 Å². The molecule has 1 aliphatic rings. The van der Waals surface area contributed by atoms with Crippen LogP contribution >= 0.6 is 43.2 Å². The number of hydrogen-bond acceptors (Lipinski definition) is 3. The largest absolute Gasteiger partial charge is 0.364 e. The minimum absolute atomic E-state index is 0.259. The molecule has 1 aliphatic heterocycles. The lowest BCUT2D eigenvalue weighted by Crippen LogP contribution is -2.47. The number of aryl methyl sites for hydroxylation is 1. The molecule has 0 aliphatic carbocycles. The van der Waals surface area contributed by atoms with Gasteiger partial charge in [-0.1, -0.05) is 31.9 Å². The normalized spacial score (nSPS) is 22.2. The van der Waals surface area contributed by atoms with Crippen molar-refractivity contribution in [3.05, 3.63) is 79.4 Å². The highest BCUT2D eigenvalue weighted by molar-refractivity contribution is 9.10. The van der Waals surface area contributed by atoms with Gasteiger partial charge in [-0.25, -0.2) is 4.79 Å². The summed E-state index contributed by atoms with van der Waals surface area (Å²) in [6.45, 7) is 3.87. The number of rotatable bonds is 3. The molecule has 0 radical (unpaired) electrons. The molecule has 2 amide bonds. The molecule has 2 aromatic carbocycles. The van der Waals surface area contributed by atoms with E-state index in [1.807, 2.05) is 73.8 Å². The van der Waals surface area contributed by atoms with E-state index in [1.165, 1.54) is 16.2 Å². The van der Waals surface area contributed by atoms with Gasteiger partial charge < -0.3 is 5.11 Å². The number of carbonyl (C=O) groups excluding carboxylic acids is 1. The fourth-order valence-corrected chi connectivity index (χ4v) is 5.16. The first-order chi connectivity index (χ1) is 13.3. The van der Waals surface area contributed by atoms with E-state index in [9.17, 15) is 9.90 Å². The van der Waals surface area contributed by atoms with Crippen LogP contribution in [-0.4, -0.2) is 17.2 Å². The summed E-state index contributed by atoms with van der Waals surface area (Å²) in [5.74, 6) is 0. The number of carbonyl (C=O) groups is 1. The van der Waals surface area contributed by atoms with E-state index in [0.717, 1.165) is 25.1 Å². The number of aliphatic hydroxyl groups is 1. The van der Waals surface area contributed by atoms with Gasteiger partial charge in [0.15, 0.2) is 0 Å². The van der Waals surface area contributed by atoms with Crippen LogP contribution in [-0.2, 0) is 5.72 Å². The van der Waals surface area contributed by atoms with Crippen molar-refractivity contribution in [2.24, 2.45) is 0 Å². The minimum Gasteiger partial charge on any atom is -0.364 e. The molecule has 3 aromatic rings. The smallest absolute Gasteiger partial charge is 0.332 e. The molecule has 1 saturated heterocycles. The van der Waals surface area contributed by atoms with E-state index in [4.69, 9.17) is 0 Å². The first-order valence-corrected chi connectivity index (χ1v) is 11.2. The second-order valence-corrected chi connectivity index (χ2v) is 9.57. The standard InChI is InChI=1S/C21H18Br2N2O2S/c1-13-11-19(28-12-13)21(27)14(2)24(17-7-3-15(22)4-8-17)20(26)25(21)18-9-5-16(23)6-10-18/h3-12,14,27H,1-2H3/t14-,21?/m1/s1. The molecule has 1 aromatic heterocycles. The average Bonchev–Trinajstić information content (AvgIpc) is 3.19. The molecule has 28 heavy (non-hydrogen) atoms. The maximum Gasteiger partial charge on any atom is 0.332 e. The molecule has 1 unspecified atom stereocenters. The van der Waals surface area contributed by atoms with E-state index in [2.05, 4.69) is 31.9 Å². The third kappa shape index (κ3) is 3.10. The van der Waals surface area contributed by atoms with Crippen molar-refractivity contribution in [3.8, 4) is 0 Å². The van der Waals surface area contributed by atoms with Crippen molar-refractivity contribution < 1.29 is 9.90 Å². The molecule has 4 nitrogen and oxygen atoms in total. The van der Waals surface area contributed by atoms with Gasteiger partial charge in [0.25, 0.3) is 0 Å². The maximum absolute atomic E-state index is 13.6. The Morgan fingerprint density at radius 3 is 2.04 bits per heavy atom. The molecule has 144 valence electrons. The summed E-state index contributed by atoms with van der Waals surface area (Å²) in [6, 6.07) is 16.2. The Bertz CT molecular complexity index is 1020. The Morgan fingerprint density at radius 1 is 1.00 bits per heavy atom. The number of hydrogen-bond donors (Lipinski definition) is 1. The third-order valence-electron chi connectivity index (χ3n) is 4.99. The molecule has 2 atom stereocenters. The van der Waals surface area contributed by atoms with Crippen LogP contribution in [0.15, 0.2) is 68.9 Å². The van der Waals surface area contributed by atoms with Gasteiger partial charge in [0.1, 0.15) is 0 Å². The van der Waals surface area contributed by atoms with Crippen molar-refractivity contribution in [1.29, 1.82) is 0 Å². The van der Waals surface area contributed by atoms with Crippen LogP contribution in [0.4, 0.5) is 16.2 Å². The second kappa shape index (κ2) is 7.30. The lowest BCUT2D eigenvalue weighted by atomic mass is 10.0. The summed E-state index contributed by atoms with van der Waals surface area (Å²) in [5, 5.41) is 13.9. The van der Waals surface area contributed by atoms with Gasteiger partial charge in [0.2, 0.25) is 5.72 Å². The van der Waals surface area contributed by atoms with Crippen LogP contribution in [0.5, 0.6) is 0 Å². The monoisotopic (exact) mass is 520 g/mol. The molecule has 4 rings (SSSR count). The summed E-state index contributed by atoms with van der Waals surface area (Å²) >= 11 is 8.34. The highest BCUT2D eigenvalue weighted by Gasteiger charge is 2.57. The van der Waals surface area contributed by atoms with Crippen molar-refractivity contribution in [1.82, 2.24) is 0 Å². The first-order valence-electron chi connectivity index (χ1n) is 8.75. The van der Waals surface area contributed by atoms with Gasteiger partial charge in [-0.05, 0) is 79.4 Å². The molecule has 1 fully saturated rings. The molecule has 0 saturated carbocycles. The predicted molar refractivity (Wildman–Crippen MR) is 121 cm³/mol. The van der Waals surface area contributed by atoms with E-state index >= 15 is 0 Å². The van der Waals surface area contributed by atoms with Crippen molar-refractivity contribution in [3.63, 3.8) is 0 Å². The number of amides is 2. The number of anilines is 2. The van der Waals surface area contributed by atoms with Gasteiger partial charge in [-0.15, -0.1) is 11.3 Å². The summed E-state index contributed by atoms with van der Waals surface area (Å²) in [5.41, 5.74) is 0.975. The van der Waals surface area contributed by atoms with Crippen LogP contribution in [0.1, 0.15) is 17.4 Å². The highest BCUT2D eigenvalue weighted by Crippen LogP contribution is 2.46. The number of urea groups is 1. The van der Waals surface area contributed by atoms with Gasteiger partial charge in [0, 0.05) is 20.3 Å². The van der Waals surface area contributed by atoms with E-state index in [-0.39, 0.29) is 6.03 Å². The number of benzene rings is 2. The van der Waals surface area contributed by atoms with E-state index < -0.39 is 11.8 Å². The molecule has 0 spiro atoms. The lowest BCUT2D eigenvalue weighted by Gasteiger charge is -2.34. The second-order valence-electron chi connectivity index (χ2n) is 6.83. The molecule has 1 N–H and O–H groups in total. The number of thiophene rings is 1. The topological polar surface area (TPSA) is 43.8 Å². The maximum atomic E-state index is 13.6. The Balaban J connectivity index is 1.88. The summed E-state index contributed by atoms with van der Waals surface area (Å²) in [7, 11) is 0.